The summed E-state index contributed by atoms with van der Waals surface area (Å²) >= 11 is 0. The van der Waals surface area contributed by atoms with Crippen molar-refractivity contribution in [3.05, 3.63) is 59.8 Å². The van der Waals surface area contributed by atoms with Gasteiger partial charge in [-0.1, -0.05) is 0 Å². The number of hydrazine groups is 1. The van der Waals surface area contributed by atoms with Crippen molar-refractivity contribution in [2.24, 2.45) is 11.6 Å². The number of nitrogens with zero attached hydrogens (tertiary/aromatic N) is 1. The third-order valence-electron chi connectivity index (χ3n) is 2.86. The lowest BCUT2D eigenvalue weighted by atomic mass is 10.1. The van der Waals surface area contributed by atoms with Gasteiger partial charge >= 0.3 is 0 Å². The predicted molar refractivity (Wildman–Crippen MR) is 82.5 cm³/mol. The van der Waals surface area contributed by atoms with E-state index in [0.29, 0.717) is 11.4 Å². The number of anilines is 2. The van der Waals surface area contributed by atoms with Crippen LogP contribution in [-0.2, 0) is 0 Å². The van der Waals surface area contributed by atoms with E-state index in [-0.39, 0.29) is 5.75 Å². The van der Waals surface area contributed by atoms with Crippen molar-refractivity contribution in [2.45, 2.75) is 6.92 Å². The standard InChI is InChI=1S/C15H18N4O/c1-10-6-12(16)8-13(7-10)19(18)9-15(17)11-2-4-14(20)5-3-11/h2-9,20H,16-18H2,1H3/b15-9-. The molecular weight excluding hydrogens is 252 g/mol. The molecule has 0 amide bonds. The number of hydrogen-bond acceptors (Lipinski definition) is 5. The molecule has 2 aromatic rings. The van der Waals surface area contributed by atoms with Crippen molar-refractivity contribution in [1.29, 1.82) is 0 Å². The summed E-state index contributed by atoms with van der Waals surface area (Å²) in [6.45, 7) is 1.95. The molecule has 5 heteroatoms. The lowest BCUT2D eigenvalue weighted by Crippen LogP contribution is -2.25. The Bertz CT molecular complexity index is 615. The Morgan fingerprint density at radius 1 is 1.15 bits per heavy atom. The van der Waals surface area contributed by atoms with E-state index in [1.807, 2.05) is 19.1 Å². The molecule has 0 heterocycles. The molecule has 7 N–H and O–H groups in total. The van der Waals surface area contributed by atoms with Gasteiger partial charge in [0.05, 0.1) is 11.4 Å². The molecule has 0 saturated carbocycles. The normalized spacial score (nSPS) is 11.4. The van der Waals surface area contributed by atoms with Crippen molar-refractivity contribution < 1.29 is 5.11 Å². The summed E-state index contributed by atoms with van der Waals surface area (Å²) < 4.78 is 0. The number of nitrogen functional groups attached to an aromatic ring is 1. The average molecular weight is 270 g/mol. The van der Waals surface area contributed by atoms with Crippen LogP contribution in [-0.4, -0.2) is 5.11 Å². The molecule has 0 atom stereocenters. The minimum Gasteiger partial charge on any atom is -0.508 e. The molecule has 0 fully saturated rings. The summed E-state index contributed by atoms with van der Waals surface area (Å²) in [4.78, 5) is 0. The van der Waals surface area contributed by atoms with Crippen LogP contribution in [0.2, 0.25) is 0 Å². The van der Waals surface area contributed by atoms with Gasteiger partial charge in [0.25, 0.3) is 0 Å². The van der Waals surface area contributed by atoms with E-state index in [0.717, 1.165) is 16.8 Å². The fourth-order valence-electron chi connectivity index (χ4n) is 1.89. The third kappa shape index (κ3) is 3.21. The molecule has 0 radical (unpaired) electrons. The molecule has 0 aromatic heterocycles. The second-order valence-electron chi connectivity index (χ2n) is 4.64. The lowest BCUT2D eigenvalue weighted by Gasteiger charge is -2.16. The zero-order valence-electron chi connectivity index (χ0n) is 11.2. The monoisotopic (exact) mass is 270 g/mol. The Kier molecular flexibility index (Phi) is 3.81. The maximum atomic E-state index is 9.25. The van der Waals surface area contributed by atoms with E-state index in [4.69, 9.17) is 17.3 Å². The van der Waals surface area contributed by atoms with Gasteiger partial charge in [-0.15, -0.1) is 0 Å². The highest BCUT2D eigenvalue weighted by atomic mass is 16.3. The van der Waals surface area contributed by atoms with Gasteiger partial charge in [-0.25, -0.2) is 5.84 Å². The van der Waals surface area contributed by atoms with Crippen molar-refractivity contribution in [1.82, 2.24) is 0 Å². The Hall–Kier alpha value is -2.66. The van der Waals surface area contributed by atoms with Crippen LogP contribution >= 0.6 is 0 Å². The van der Waals surface area contributed by atoms with Gasteiger partial charge in [-0.3, -0.25) is 5.01 Å². The van der Waals surface area contributed by atoms with Crippen molar-refractivity contribution in [3.8, 4) is 5.75 Å². The quantitative estimate of drug-likeness (QED) is 0.388. The molecule has 5 nitrogen and oxygen atoms in total. The van der Waals surface area contributed by atoms with Crippen LogP contribution in [0.1, 0.15) is 11.1 Å². The first-order valence-electron chi connectivity index (χ1n) is 6.13. The van der Waals surface area contributed by atoms with Gasteiger partial charge in [0.15, 0.2) is 0 Å². The second kappa shape index (κ2) is 5.54. The first kappa shape index (κ1) is 13.8. The number of aromatic hydroxyl groups is 1. The summed E-state index contributed by atoms with van der Waals surface area (Å²) in [5.74, 6) is 6.17. The molecule has 0 unspecified atom stereocenters. The van der Waals surface area contributed by atoms with Crippen molar-refractivity contribution >= 4 is 17.1 Å². The highest BCUT2D eigenvalue weighted by Gasteiger charge is 2.03. The first-order valence-corrected chi connectivity index (χ1v) is 6.13. The number of hydrogen-bond donors (Lipinski definition) is 4. The van der Waals surface area contributed by atoms with Gasteiger partial charge in [0.2, 0.25) is 0 Å². The molecule has 0 saturated heterocycles. The van der Waals surface area contributed by atoms with Crippen LogP contribution in [0.15, 0.2) is 48.7 Å². The van der Waals surface area contributed by atoms with Crippen molar-refractivity contribution in [2.75, 3.05) is 10.7 Å². The van der Waals surface area contributed by atoms with E-state index in [2.05, 4.69) is 0 Å². The number of aryl methyl sites for hydroxylation is 1. The molecule has 20 heavy (non-hydrogen) atoms. The first-order chi connectivity index (χ1) is 9.45. The highest BCUT2D eigenvalue weighted by molar-refractivity contribution is 5.68. The van der Waals surface area contributed by atoms with Crippen LogP contribution < -0.4 is 22.3 Å². The third-order valence-corrected chi connectivity index (χ3v) is 2.86. The highest BCUT2D eigenvalue weighted by Crippen LogP contribution is 2.20. The lowest BCUT2D eigenvalue weighted by molar-refractivity contribution is 0.475. The zero-order chi connectivity index (χ0) is 14.7. The maximum Gasteiger partial charge on any atom is 0.115 e. The van der Waals surface area contributed by atoms with Crippen LogP contribution in [0, 0.1) is 6.92 Å². The van der Waals surface area contributed by atoms with Crippen LogP contribution in [0.25, 0.3) is 5.70 Å². The minimum absolute atomic E-state index is 0.192. The number of phenols is 1. The largest absolute Gasteiger partial charge is 0.508 e. The summed E-state index contributed by atoms with van der Waals surface area (Å²) in [5, 5.41) is 10.7. The van der Waals surface area contributed by atoms with Gasteiger partial charge in [0.1, 0.15) is 5.75 Å². The van der Waals surface area contributed by atoms with Gasteiger partial charge in [-0.05, 0) is 60.5 Å². The Morgan fingerprint density at radius 2 is 1.80 bits per heavy atom. The van der Waals surface area contributed by atoms with E-state index in [1.165, 1.54) is 5.01 Å². The molecule has 0 bridgehead atoms. The Morgan fingerprint density at radius 3 is 2.40 bits per heavy atom. The molecule has 2 rings (SSSR count). The summed E-state index contributed by atoms with van der Waals surface area (Å²) in [6, 6.07) is 12.1. The maximum absolute atomic E-state index is 9.25. The fourth-order valence-corrected chi connectivity index (χ4v) is 1.89. The Labute approximate surface area is 117 Å². The number of rotatable bonds is 3. The molecule has 0 aliphatic heterocycles. The summed E-state index contributed by atoms with van der Waals surface area (Å²) in [5.41, 5.74) is 15.5. The van der Waals surface area contributed by atoms with Gasteiger partial charge < -0.3 is 16.6 Å². The number of phenolic OH excluding ortho intramolecular Hbond substituents is 1. The Balaban J connectivity index is 2.26. The summed E-state index contributed by atoms with van der Waals surface area (Å²) in [6.07, 6.45) is 1.61. The zero-order valence-corrected chi connectivity index (χ0v) is 11.2. The molecule has 104 valence electrons. The van der Waals surface area contributed by atoms with Crippen LogP contribution in [0.3, 0.4) is 0 Å². The SMILES string of the molecule is Cc1cc(N)cc(N(N)/C=C(\N)c2ccc(O)cc2)c1. The number of nitrogens with two attached hydrogens (primary N) is 3. The predicted octanol–water partition coefficient (Wildman–Crippen LogP) is 1.92. The molecular formula is C15H18N4O. The van der Waals surface area contributed by atoms with E-state index in [9.17, 15) is 5.11 Å². The average Bonchev–Trinajstić information content (AvgIpc) is 2.38. The second-order valence-corrected chi connectivity index (χ2v) is 4.64. The van der Waals surface area contributed by atoms with Gasteiger partial charge in [0, 0.05) is 11.9 Å². The van der Waals surface area contributed by atoms with Crippen LogP contribution in [0.5, 0.6) is 5.75 Å². The van der Waals surface area contributed by atoms with E-state index in [1.54, 1.807) is 36.5 Å². The van der Waals surface area contributed by atoms with Crippen LogP contribution in [0.4, 0.5) is 11.4 Å². The summed E-state index contributed by atoms with van der Waals surface area (Å²) in [7, 11) is 0. The van der Waals surface area contributed by atoms with Gasteiger partial charge in [-0.2, -0.15) is 0 Å². The molecule has 0 aliphatic carbocycles. The van der Waals surface area contributed by atoms with E-state index < -0.39 is 0 Å². The molecule has 2 aromatic carbocycles. The minimum atomic E-state index is 0.192. The smallest absolute Gasteiger partial charge is 0.115 e. The van der Waals surface area contributed by atoms with Crippen molar-refractivity contribution in [3.63, 3.8) is 0 Å². The fraction of sp³-hybridized carbons (Fsp3) is 0.0667. The molecule has 0 aliphatic rings. The molecule has 0 spiro atoms. The topological polar surface area (TPSA) is 102 Å². The van der Waals surface area contributed by atoms with E-state index >= 15 is 0 Å². The number of benzene rings is 2.